The standard InChI is InChI=1S/C17H19N3O4/c1-3-23-14-8-6-12(9-15(14)24-4-2)20-17(22)11-5-7-13(16(18)21)19-10-11/h5-10H,3-4H2,1-2H3,(H2,18,21)(H,20,22). The number of aromatic nitrogens is 1. The van der Waals surface area contributed by atoms with Crippen LogP contribution in [0.1, 0.15) is 34.7 Å². The Morgan fingerprint density at radius 2 is 1.79 bits per heavy atom. The van der Waals surface area contributed by atoms with Crippen LogP contribution in [0, 0.1) is 0 Å². The molecule has 2 rings (SSSR count). The van der Waals surface area contributed by atoms with Crippen LogP contribution in [0.3, 0.4) is 0 Å². The van der Waals surface area contributed by atoms with E-state index >= 15 is 0 Å². The molecule has 2 aromatic rings. The van der Waals surface area contributed by atoms with Crippen LogP contribution in [-0.4, -0.2) is 30.0 Å². The Kier molecular flexibility index (Phi) is 5.73. The highest BCUT2D eigenvalue weighted by Gasteiger charge is 2.11. The lowest BCUT2D eigenvalue weighted by molar-refractivity contribution is 0.0990. The zero-order valence-corrected chi connectivity index (χ0v) is 13.5. The van der Waals surface area contributed by atoms with Crippen molar-refractivity contribution in [3.63, 3.8) is 0 Å². The maximum atomic E-state index is 12.2. The lowest BCUT2D eigenvalue weighted by Crippen LogP contribution is -2.16. The fourth-order valence-electron chi connectivity index (χ4n) is 2.01. The fourth-order valence-corrected chi connectivity index (χ4v) is 2.01. The van der Waals surface area contributed by atoms with Crippen molar-refractivity contribution >= 4 is 17.5 Å². The number of anilines is 1. The molecule has 2 amide bonds. The van der Waals surface area contributed by atoms with E-state index in [1.165, 1.54) is 18.3 Å². The van der Waals surface area contributed by atoms with Gasteiger partial charge in [-0.15, -0.1) is 0 Å². The first-order valence-corrected chi connectivity index (χ1v) is 7.52. The van der Waals surface area contributed by atoms with Gasteiger partial charge in [0, 0.05) is 18.0 Å². The lowest BCUT2D eigenvalue weighted by Gasteiger charge is -2.13. The van der Waals surface area contributed by atoms with Crippen molar-refractivity contribution in [3.8, 4) is 11.5 Å². The summed E-state index contributed by atoms with van der Waals surface area (Å²) in [5.74, 6) is 0.170. The van der Waals surface area contributed by atoms with Crippen molar-refractivity contribution in [2.45, 2.75) is 13.8 Å². The van der Waals surface area contributed by atoms with Crippen molar-refractivity contribution in [3.05, 3.63) is 47.8 Å². The highest BCUT2D eigenvalue weighted by Crippen LogP contribution is 2.30. The summed E-state index contributed by atoms with van der Waals surface area (Å²) >= 11 is 0. The molecule has 126 valence electrons. The first kappa shape index (κ1) is 17.3. The van der Waals surface area contributed by atoms with E-state index in [1.807, 2.05) is 13.8 Å². The van der Waals surface area contributed by atoms with E-state index in [2.05, 4.69) is 10.3 Å². The maximum absolute atomic E-state index is 12.2. The van der Waals surface area contributed by atoms with Crippen LogP contribution in [0.25, 0.3) is 0 Å². The molecule has 0 spiro atoms. The maximum Gasteiger partial charge on any atom is 0.267 e. The zero-order chi connectivity index (χ0) is 17.5. The van der Waals surface area contributed by atoms with Crippen molar-refractivity contribution < 1.29 is 19.1 Å². The van der Waals surface area contributed by atoms with Gasteiger partial charge in [-0.2, -0.15) is 0 Å². The Bertz CT molecular complexity index is 729. The van der Waals surface area contributed by atoms with Crippen LogP contribution in [0.2, 0.25) is 0 Å². The van der Waals surface area contributed by atoms with Gasteiger partial charge in [-0.3, -0.25) is 14.6 Å². The van der Waals surface area contributed by atoms with E-state index in [9.17, 15) is 9.59 Å². The second-order valence-electron chi connectivity index (χ2n) is 4.78. The molecule has 1 aromatic carbocycles. The second-order valence-corrected chi connectivity index (χ2v) is 4.78. The predicted molar refractivity (Wildman–Crippen MR) is 89.5 cm³/mol. The van der Waals surface area contributed by atoms with Gasteiger partial charge in [0.1, 0.15) is 5.69 Å². The highest BCUT2D eigenvalue weighted by atomic mass is 16.5. The third-order valence-corrected chi connectivity index (χ3v) is 3.08. The number of benzene rings is 1. The number of carbonyl (C=O) groups excluding carboxylic acids is 2. The minimum atomic E-state index is -0.644. The number of nitrogens with one attached hydrogen (secondary N) is 1. The summed E-state index contributed by atoms with van der Waals surface area (Å²) in [6.07, 6.45) is 1.30. The van der Waals surface area contributed by atoms with Crippen molar-refractivity contribution in [1.82, 2.24) is 4.98 Å². The van der Waals surface area contributed by atoms with E-state index in [0.29, 0.717) is 36.0 Å². The molecule has 0 aliphatic carbocycles. The topological polar surface area (TPSA) is 104 Å². The molecule has 3 N–H and O–H groups in total. The average Bonchev–Trinajstić information content (AvgIpc) is 2.57. The van der Waals surface area contributed by atoms with Crippen molar-refractivity contribution in [2.24, 2.45) is 5.73 Å². The van der Waals surface area contributed by atoms with E-state index in [0.717, 1.165) is 0 Å². The average molecular weight is 329 g/mol. The summed E-state index contributed by atoms with van der Waals surface area (Å²) in [7, 11) is 0. The summed E-state index contributed by atoms with van der Waals surface area (Å²) in [5, 5.41) is 2.74. The third kappa shape index (κ3) is 4.22. The number of amides is 2. The first-order chi connectivity index (χ1) is 11.5. The second kappa shape index (κ2) is 7.96. The molecule has 7 nitrogen and oxygen atoms in total. The zero-order valence-electron chi connectivity index (χ0n) is 13.5. The number of ether oxygens (including phenoxy) is 2. The third-order valence-electron chi connectivity index (χ3n) is 3.08. The number of nitrogens with zero attached hydrogens (tertiary/aromatic N) is 1. The molecule has 1 heterocycles. The summed E-state index contributed by atoms with van der Waals surface area (Å²) in [6.45, 7) is 4.75. The van der Waals surface area contributed by atoms with Crippen LogP contribution >= 0.6 is 0 Å². The molecule has 0 aliphatic heterocycles. The van der Waals surface area contributed by atoms with Gasteiger partial charge in [0.15, 0.2) is 11.5 Å². The number of pyridine rings is 1. The van der Waals surface area contributed by atoms with Gasteiger partial charge < -0.3 is 20.5 Å². The van der Waals surface area contributed by atoms with Gasteiger partial charge in [0.2, 0.25) is 0 Å². The number of hydrogen-bond donors (Lipinski definition) is 2. The first-order valence-electron chi connectivity index (χ1n) is 7.52. The minimum Gasteiger partial charge on any atom is -0.490 e. The number of hydrogen-bond acceptors (Lipinski definition) is 5. The molecule has 0 aliphatic rings. The molecule has 0 atom stereocenters. The quantitative estimate of drug-likeness (QED) is 0.810. The molecule has 0 unspecified atom stereocenters. The van der Waals surface area contributed by atoms with Crippen LogP contribution < -0.4 is 20.5 Å². The summed E-state index contributed by atoms with van der Waals surface area (Å²) < 4.78 is 11.0. The minimum absolute atomic E-state index is 0.103. The van der Waals surface area contributed by atoms with Crippen LogP contribution in [0.5, 0.6) is 11.5 Å². The lowest BCUT2D eigenvalue weighted by atomic mass is 10.2. The Morgan fingerprint density at radius 1 is 1.08 bits per heavy atom. The van der Waals surface area contributed by atoms with Gasteiger partial charge in [0.25, 0.3) is 11.8 Å². The molecule has 7 heteroatoms. The van der Waals surface area contributed by atoms with E-state index < -0.39 is 5.91 Å². The van der Waals surface area contributed by atoms with Crippen molar-refractivity contribution in [2.75, 3.05) is 18.5 Å². The molecular formula is C17H19N3O4. The monoisotopic (exact) mass is 329 g/mol. The predicted octanol–water partition coefficient (Wildman–Crippen LogP) is 2.23. The Hall–Kier alpha value is -3.09. The fraction of sp³-hybridized carbons (Fsp3) is 0.235. The van der Waals surface area contributed by atoms with Gasteiger partial charge in [-0.25, -0.2) is 0 Å². The Balaban J connectivity index is 2.15. The summed E-state index contributed by atoms with van der Waals surface area (Å²) in [5.41, 5.74) is 6.10. The molecular weight excluding hydrogens is 310 g/mol. The number of nitrogens with two attached hydrogens (primary N) is 1. The summed E-state index contributed by atoms with van der Waals surface area (Å²) in [4.78, 5) is 27.1. The van der Waals surface area contributed by atoms with Crippen LogP contribution in [-0.2, 0) is 0 Å². The number of primary amides is 1. The van der Waals surface area contributed by atoms with E-state index in [-0.39, 0.29) is 11.6 Å². The highest BCUT2D eigenvalue weighted by molar-refractivity contribution is 6.04. The molecule has 0 saturated heterocycles. The normalized spacial score (nSPS) is 10.1. The van der Waals surface area contributed by atoms with Gasteiger partial charge in [-0.05, 0) is 38.1 Å². The van der Waals surface area contributed by atoms with Gasteiger partial charge in [0.05, 0.1) is 18.8 Å². The largest absolute Gasteiger partial charge is 0.490 e. The van der Waals surface area contributed by atoms with Crippen LogP contribution in [0.4, 0.5) is 5.69 Å². The molecule has 0 saturated carbocycles. The molecule has 0 bridgehead atoms. The summed E-state index contributed by atoms with van der Waals surface area (Å²) in [6, 6.07) is 8.04. The number of carbonyl (C=O) groups is 2. The molecule has 24 heavy (non-hydrogen) atoms. The SMILES string of the molecule is CCOc1ccc(NC(=O)c2ccc(C(N)=O)nc2)cc1OCC. The smallest absolute Gasteiger partial charge is 0.267 e. The van der Waals surface area contributed by atoms with Gasteiger partial charge >= 0.3 is 0 Å². The van der Waals surface area contributed by atoms with E-state index in [1.54, 1.807) is 18.2 Å². The Labute approximate surface area is 139 Å². The Morgan fingerprint density at radius 3 is 2.38 bits per heavy atom. The van der Waals surface area contributed by atoms with Crippen LogP contribution in [0.15, 0.2) is 36.5 Å². The molecule has 0 radical (unpaired) electrons. The van der Waals surface area contributed by atoms with Crippen molar-refractivity contribution in [1.29, 1.82) is 0 Å². The number of rotatable bonds is 7. The molecule has 1 aromatic heterocycles. The molecule has 0 fully saturated rings. The van der Waals surface area contributed by atoms with E-state index in [4.69, 9.17) is 15.2 Å². The van der Waals surface area contributed by atoms with Gasteiger partial charge in [-0.1, -0.05) is 0 Å².